The summed E-state index contributed by atoms with van der Waals surface area (Å²) in [5, 5.41) is 17.4. The van der Waals surface area contributed by atoms with E-state index in [4.69, 9.17) is 4.74 Å². The van der Waals surface area contributed by atoms with Gasteiger partial charge in [0.25, 0.3) is 11.8 Å². The number of carbonyl (C=O) groups excluding carboxylic acids is 2. The lowest BCUT2D eigenvalue weighted by atomic mass is 9.99. The van der Waals surface area contributed by atoms with E-state index in [1.54, 1.807) is 12.4 Å². The lowest BCUT2D eigenvalue weighted by Gasteiger charge is -2.29. The molecule has 4 rings (SSSR count). The second-order valence-corrected chi connectivity index (χ2v) is 14.2. The van der Waals surface area contributed by atoms with E-state index in [-0.39, 0.29) is 41.3 Å². The number of amides is 2. The maximum Gasteiger partial charge on any atom is 0.251 e. The van der Waals surface area contributed by atoms with E-state index in [1.807, 2.05) is 99.4 Å². The van der Waals surface area contributed by atoms with Crippen molar-refractivity contribution in [3.05, 3.63) is 120 Å². The quantitative estimate of drug-likeness (QED) is 0.129. The molecule has 0 spiro atoms. The summed E-state index contributed by atoms with van der Waals surface area (Å²) in [5.41, 5.74) is 2.72. The highest BCUT2D eigenvalue weighted by molar-refractivity contribution is 7.92. The van der Waals surface area contributed by atoms with Crippen molar-refractivity contribution in [1.82, 2.24) is 15.6 Å². The number of rotatable bonds is 16. The topological polar surface area (TPSA) is 150 Å². The molecule has 0 aliphatic heterocycles. The van der Waals surface area contributed by atoms with Gasteiger partial charge in [-0.15, -0.1) is 0 Å². The molecular weight excluding hydrogens is 643 g/mol. The first kappa shape index (κ1) is 36.9. The van der Waals surface area contributed by atoms with Crippen molar-refractivity contribution in [2.24, 2.45) is 0 Å². The molecule has 260 valence electrons. The first-order valence-corrected chi connectivity index (χ1v) is 17.9. The van der Waals surface area contributed by atoms with Crippen molar-refractivity contribution in [3.63, 3.8) is 0 Å². The van der Waals surface area contributed by atoms with Crippen molar-refractivity contribution < 1.29 is 27.9 Å². The van der Waals surface area contributed by atoms with Gasteiger partial charge in [0.15, 0.2) is 0 Å². The number of hydrogen-bond acceptors (Lipinski definition) is 8. The SMILES string of the molecule is CCS(=O)(=O)Nc1cc(C(=O)N[C@@H](Cc2ccccc2)[C@H](O)CN(C)c2cncc(OC(C)C)c2)cc(C(=O)N[C@H](C)c2ccccc2)c1. The summed E-state index contributed by atoms with van der Waals surface area (Å²) < 4.78 is 33.2. The van der Waals surface area contributed by atoms with Gasteiger partial charge in [0.2, 0.25) is 10.0 Å². The minimum absolute atomic E-state index is 0.0342. The van der Waals surface area contributed by atoms with Gasteiger partial charge in [-0.1, -0.05) is 60.7 Å². The number of benzene rings is 3. The molecule has 0 aliphatic carbocycles. The number of carbonyl (C=O) groups is 2. The molecule has 1 heterocycles. The summed E-state index contributed by atoms with van der Waals surface area (Å²) >= 11 is 0. The van der Waals surface area contributed by atoms with E-state index in [1.165, 1.54) is 25.1 Å². The molecule has 12 heteroatoms. The molecule has 49 heavy (non-hydrogen) atoms. The number of ether oxygens (including phenoxy) is 1. The highest BCUT2D eigenvalue weighted by Gasteiger charge is 2.26. The molecule has 3 atom stereocenters. The third-order valence-corrected chi connectivity index (χ3v) is 9.12. The van der Waals surface area contributed by atoms with Crippen LogP contribution in [0.15, 0.2) is 97.3 Å². The van der Waals surface area contributed by atoms with E-state index in [2.05, 4.69) is 20.3 Å². The van der Waals surface area contributed by atoms with Gasteiger partial charge in [-0.25, -0.2) is 8.42 Å². The number of hydrogen-bond donors (Lipinski definition) is 4. The number of nitrogens with one attached hydrogen (secondary N) is 3. The Kier molecular flexibility index (Phi) is 12.8. The van der Waals surface area contributed by atoms with Gasteiger partial charge in [-0.3, -0.25) is 19.3 Å². The van der Waals surface area contributed by atoms with Crippen LogP contribution in [-0.2, 0) is 16.4 Å². The molecule has 0 saturated heterocycles. The fraction of sp³-hybridized carbons (Fsp3) is 0.324. The van der Waals surface area contributed by atoms with E-state index in [0.29, 0.717) is 12.2 Å². The van der Waals surface area contributed by atoms with Gasteiger partial charge in [0.05, 0.1) is 53.8 Å². The Morgan fingerprint density at radius 1 is 0.878 bits per heavy atom. The number of aliphatic hydroxyl groups excluding tert-OH is 1. The van der Waals surface area contributed by atoms with E-state index >= 15 is 0 Å². The van der Waals surface area contributed by atoms with Crippen molar-refractivity contribution >= 4 is 33.2 Å². The molecular formula is C37H45N5O6S. The standard InChI is InChI=1S/C37H45N5O6S/c1-6-49(46,47)41-31-19-29(36(44)39-26(4)28-15-11-8-12-16-28)18-30(20-31)37(45)40-34(17-27-13-9-7-10-14-27)35(43)24-42(5)32-21-33(23-38-22-32)48-25(2)3/h7-16,18-23,25-26,34-35,41,43H,6,17,24H2,1-5H3,(H,39,44)(H,40,45)/t26-,34+,35-/m1/s1. The molecule has 2 amide bonds. The third kappa shape index (κ3) is 11.0. The van der Waals surface area contributed by atoms with Crippen LogP contribution < -0.4 is 25.0 Å². The van der Waals surface area contributed by atoms with Crippen LogP contribution in [-0.4, -0.2) is 67.9 Å². The van der Waals surface area contributed by atoms with Crippen LogP contribution in [0, 0.1) is 0 Å². The molecule has 0 radical (unpaired) electrons. The number of anilines is 2. The zero-order valence-electron chi connectivity index (χ0n) is 28.5. The number of aromatic nitrogens is 1. The fourth-order valence-electron chi connectivity index (χ4n) is 5.17. The van der Waals surface area contributed by atoms with Crippen LogP contribution in [0.1, 0.15) is 65.6 Å². The molecule has 0 bridgehead atoms. The van der Waals surface area contributed by atoms with E-state index in [0.717, 1.165) is 16.8 Å². The molecule has 0 aliphatic rings. The summed E-state index contributed by atoms with van der Waals surface area (Å²) in [6.45, 7) is 7.31. The summed E-state index contributed by atoms with van der Waals surface area (Å²) in [5.74, 6) is -0.668. The predicted molar refractivity (Wildman–Crippen MR) is 193 cm³/mol. The monoisotopic (exact) mass is 687 g/mol. The van der Waals surface area contributed by atoms with E-state index in [9.17, 15) is 23.1 Å². The zero-order chi connectivity index (χ0) is 35.6. The Bertz CT molecular complexity index is 1800. The normalized spacial score (nSPS) is 13.2. The third-order valence-electron chi connectivity index (χ3n) is 7.81. The van der Waals surface area contributed by atoms with Gasteiger partial charge in [-0.05, 0) is 63.4 Å². The summed E-state index contributed by atoms with van der Waals surface area (Å²) in [4.78, 5) is 33.4. The Morgan fingerprint density at radius 2 is 1.49 bits per heavy atom. The molecule has 3 aromatic carbocycles. The zero-order valence-corrected chi connectivity index (χ0v) is 29.3. The Balaban J connectivity index is 1.61. The summed E-state index contributed by atoms with van der Waals surface area (Å²) in [6, 6.07) is 23.8. The van der Waals surface area contributed by atoms with Gasteiger partial charge in [0.1, 0.15) is 5.75 Å². The molecule has 4 aromatic rings. The van der Waals surface area contributed by atoms with Gasteiger partial charge < -0.3 is 25.4 Å². The molecule has 0 unspecified atom stereocenters. The smallest absolute Gasteiger partial charge is 0.251 e. The maximum absolute atomic E-state index is 13.9. The Morgan fingerprint density at radius 3 is 2.10 bits per heavy atom. The molecule has 0 fully saturated rings. The highest BCUT2D eigenvalue weighted by atomic mass is 32.2. The van der Waals surface area contributed by atoms with Gasteiger partial charge >= 0.3 is 0 Å². The van der Waals surface area contributed by atoms with Crippen LogP contribution in [0.5, 0.6) is 5.75 Å². The van der Waals surface area contributed by atoms with Crippen LogP contribution in [0.3, 0.4) is 0 Å². The average Bonchev–Trinajstić information content (AvgIpc) is 3.08. The van der Waals surface area contributed by atoms with Crippen LogP contribution >= 0.6 is 0 Å². The average molecular weight is 688 g/mol. The first-order chi connectivity index (χ1) is 23.3. The molecule has 1 aromatic heterocycles. The van der Waals surface area contributed by atoms with E-state index < -0.39 is 34.0 Å². The second kappa shape index (κ2) is 16.9. The molecule has 11 nitrogen and oxygen atoms in total. The number of sulfonamides is 1. The van der Waals surface area contributed by atoms with Crippen LogP contribution in [0.4, 0.5) is 11.4 Å². The van der Waals surface area contributed by atoms with Crippen molar-refractivity contribution in [1.29, 1.82) is 0 Å². The minimum atomic E-state index is -3.72. The lowest BCUT2D eigenvalue weighted by molar-refractivity contribution is 0.0843. The second-order valence-electron chi connectivity index (χ2n) is 12.2. The lowest BCUT2D eigenvalue weighted by Crippen LogP contribution is -2.49. The number of nitrogens with zero attached hydrogens (tertiary/aromatic N) is 2. The number of likely N-dealkylation sites (N-methyl/N-ethyl adjacent to an activating group) is 1. The summed E-state index contributed by atoms with van der Waals surface area (Å²) in [7, 11) is -1.91. The highest BCUT2D eigenvalue weighted by Crippen LogP contribution is 2.22. The molecule has 4 N–H and O–H groups in total. The van der Waals surface area contributed by atoms with Crippen molar-refractivity contribution in [3.8, 4) is 5.75 Å². The van der Waals surface area contributed by atoms with Gasteiger partial charge in [-0.2, -0.15) is 0 Å². The summed E-state index contributed by atoms with van der Waals surface area (Å²) in [6.07, 6.45) is 2.52. The Labute approximate surface area is 288 Å². The number of pyridine rings is 1. The minimum Gasteiger partial charge on any atom is -0.489 e. The van der Waals surface area contributed by atoms with Crippen molar-refractivity contribution in [2.45, 2.75) is 58.4 Å². The van der Waals surface area contributed by atoms with Gasteiger partial charge in [0, 0.05) is 30.8 Å². The van der Waals surface area contributed by atoms with Crippen molar-refractivity contribution in [2.75, 3.05) is 29.0 Å². The van der Waals surface area contributed by atoms with Crippen LogP contribution in [0.25, 0.3) is 0 Å². The first-order valence-electron chi connectivity index (χ1n) is 16.2. The Hall–Kier alpha value is -4.94. The number of aliphatic hydroxyl groups is 1. The maximum atomic E-state index is 13.9. The molecule has 0 saturated carbocycles. The predicted octanol–water partition coefficient (Wildman–Crippen LogP) is 4.96. The largest absolute Gasteiger partial charge is 0.489 e. The fourth-order valence-corrected chi connectivity index (χ4v) is 5.80. The van der Waals surface area contributed by atoms with Crippen LogP contribution in [0.2, 0.25) is 0 Å².